The van der Waals surface area contributed by atoms with Gasteiger partial charge < -0.3 is 5.32 Å². The van der Waals surface area contributed by atoms with E-state index in [0.29, 0.717) is 18.1 Å². The van der Waals surface area contributed by atoms with Crippen LogP contribution in [0.2, 0.25) is 0 Å². The minimum atomic E-state index is -0.223. The average molecular weight is 430 g/mol. The number of hydrogen-bond acceptors (Lipinski definition) is 6. The largest absolute Gasteiger partial charge is 0.330 e. The molecule has 32 heavy (non-hydrogen) atoms. The number of benzene rings is 1. The molecule has 1 spiro atoms. The minimum absolute atomic E-state index is 0.00596. The highest BCUT2D eigenvalue weighted by Crippen LogP contribution is 2.46. The first kappa shape index (κ1) is 20.5. The summed E-state index contributed by atoms with van der Waals surface area (Å²) in [5.74, 6) is 0.564. The lowest BCUT2D eigenvalue weighted by Gasteiger charge is -2.48. The number of nitrogens with zero attached hydrogens (tertiary/aromatic N) is 6. The maximum absolute atomic E-state index is 12.9. The van der Waals surface area contributed by atoms with Crippen LogP contribution in [0.5, 0.6) is 0 Å². The topological polar surface area (TPSA) is 87.1 Å². The highest BCUT2D eigenvalue weighted by molar-refractivity contribution is 5.95. The number of aromatic nitrogens is 4. The van der Waals surface area contributed by atoms with Crippen LogP contribution in [-0.4, -0.2) is 57.3 Å². The van der Waals surface area contributed by atoms with Crippen LogP contribution in [0.1, 0.15) is 31.2 Å². The van der Waals surface area contributed by atoms with Gasteiger partial charge in [0.15, 0.2) is 5.82 Å². The lowest BCUT2D eigenvalue weighted by molar-refractivity contribution is 0.0658. The molecule has 2 fully saturated rings. The van der Waals surface area contributed by atoms with Crippen molar-refractivity contribution >= 4 is 11.7 Å². The summed E-state index contributed by atoms with van der Waals surface area (Å²) >= 11 is 0. The summed E-state index contributed by atoms with van der Waals surface area (Å²) in [6, 6.07) is 12.4. The summed E-state index contributed by atoms with van der Waals surface area (Å²) < 4.78 is 0. The van der Waals surface area contributed by atoms with E-state index in [1.807, 2.05) is 6.07 Å². The zero-order chi connectivity index (χ0) is 22.2. The number of anilines is 1. The Kier molecular flexibility index (Phi) is 5.09. The van der Waals surface area contributed by atoms with E-state index >= 15 is 0 Å². The number of hydrogen-bond donors (Lipinski definition) is 1. The lowest BCUT2D eigenvalue weighted by atomic mass is 9.69. The van der Waals surface area contributed by atoms with Crippen LogP contribution >= 0.6 is 0 Å². The molecule has 2 amide bonds. The Balaban J connectivity index is 1.33. The van der Waals surface area contributed by atoms with E-state index in [0.717, 1.165) is 31.2 Å². The van der Waals surface area contributed by atoms with Crippen LogP contribution in [0.15, 0.2) is 61.2 Å². The van der Waals surface area contributed by atoms with Crippen molar-refractivity contribution in [2.45, 2.75) is 36.8 Å². The number of rotatable bonds is 4. The quantitative estimate of drug-likeness (QED) is 0.685. The van der Waals surface area contributed by atoms with Gasteiger partial charge in [0.2, 0.25) is 0 Å². The molecule has 1 aliphatic carbocycles. The molecule has 3 aromatic rings. The van der Waals surface area contributed by atoms with Gasteiger partial charge in [-0.3, -0.25) is 9.80 Å². The van der Waals surface area contributed by atoms with Crippen molar-refractivity contribution in [3.63, 3.8) is 0 Å². The summed E-state index contributed by atoms with van der Waals surface area (Å²) in [5.41, 5.74) is 2.61. The molecule has 1 saturated heterocycles. The van der Waals surface area contributed by atoms with Gasteiger partial charge in [0, 0.05) is 11.1 Å². The van der Waals surface area contributed by atoms with Crippen LogP contribution in [0.25, 0.3) is 11.4 Å². The normalized spacial score (nSPS) is 25.3. The van der Waals surface area contributed by atoms with E-state index in [9.17, 15) is 4.79 Å². The van der Waals surface area contributed by atoms with Crippen molar-refractivity contribution in [3.8, 4) is 11.4 Å². The Labute approximate surface area is 187 Å². The summed E-state index contributed by atoms with van der Waals surface area (Å²) in [6.07, 6.45) is 10.5. The molecule has 1 aliphatic heterocycles. The van der Waals surface area contributed by atoms with Gasteiger partial charge in [-0.25, -0.2) is 14.8 Å². The van der Waals surface area contributed by atoms with Crippen molar-refractivity contribution in [2.75, 3.05) is 25.5 Å². The van der Waals surface area contributed by atoms with Crippen molar-refractivity contribution in [1.82, 2.24) is 30.4 Å². The first-order chi connectivity index (χ1) is 15.5. The molecule has 0 radical (unpaired) electrons. The fourth-order valence-corrected chi connectivity index (χ4v) is 5.12. The van der Waals surface area contributed by atoms with Crippen molar-refractivity contribution in [3.05, 3.63) is 66.7 Å². The smallest absolute Gasteiger partial charge is 0.322 e. The third-order valence-corrected chi connectivity index (χ3v) is 7.07. The molecule has 1 aromatic carbocycles. The molecule has 2 aliphatic rings. The Morgan fingerprint density at radius 2 is 1.66 bits per heavy atom. The molecule has 1 N–H and O–H groups in total. The Morgan fingerprint density at radius 1 is 0.938 bits per heavy atom. The monoisotopic (exact) mass is 429 g/mol. The predicted octanol–water partition coefficient (Wildman–Crippen LogP) is 3.23. The van der Waals surface area contributed by atoms with Gasteiger partial charge in [0.25, 0.3) is 0 Å². The molecule has 8 heteroatoms. The van der Waals surface area contributed by atoms with E-state index < -0.39 is 0 Å². The Hall–Kier alpha value is -3.39. The lowest BCUT2D eigenvalue weighted by Crippen LogP contribution is -2.54. The van der Waals surface area contributed by atoms with Gasteiger partial charge in [-0.05, 0) is 51.4 Å². The van der Waals surface area contributed by atoms with Crippen LogP contribution in [-0.2, 0) is 5.54 Å². The maximum atomic E-state index is 12.9. The second kappa shape index (κ2) is 7.94. The van der Waals surface area contributed by atoms with E-state index in [2.05, 4.69) is 74.8 Å². The van der Waals surface area contributed by atoms with Gasteiger partial charge in [-0.1, -0.05) is 30.3 Å². The SMILES string of the molecule is CN(C)[C@]1(c2ccccc2)CC[C@@]2(CC1)CN(c1cnc(-c3ccnnc3)nc1)C(=O)N2. The molecule has 0 bridgehead atoms. The second-order valence-corrected chi connectivity index (χ2v) is 8.98. The fraction of sp³-hybridized carbons (Fsp3) is 0.375. The Bertz CT molecular complexity index is 1080. The average Bonchev–Trinajstić information content (AvgIpc) is 3.16. The standard InChI is InChI=1S/C24H27N7O/c1-30(2)24(19-6-4-3-5-7-19)11-9-23(10-12-24)17-31(22(32)29-23)20-15-25-21(26-16-20)18-8-13-27-28-14-18/h3-8,13-16H,9-12,17H2,1-2H3,(H,29,32)/t23-,24-. The van der Waals surface area contributed by atoms with Crippen molar-refractivity contribution < 1.29 is 4.79 Å². The number of urea groups is 1. The zero-order valence-electron chi connectivity index (χ0n) is 18.4. The van der Waals surface area contributed by atoms with Gasteiger partial charge in [-0.2, -0.15) is 10.2 Å². The van der Waals surface area contributed by atoms with E-state index in [-0.39, 0.29) is 17.1 Å². The molecular weight excluding hydrogens is 402 g/mol. The molecule has 164 valence electrons. The number of carbonyl (C=O) groups excluding carboxylic acids is 1. The first-order valence-corrected chi connectivity index (χ1v) is 10.9. The fourth-order valence-electron chi connectivity index (χ4n) is 5.12. The van der Waals surface area contributed by atoms with E-state index in [1.165, 1.54) is 5.56 Å². The van der Waals surface area contributed by atoms with Gasteiger partial charge in [0.1, 0.15) is 0 Å². The van der Waals surface area contributed by atoms with Crippen molar-refractivity contribution in [2.24, 2.45) is 0 Å². The van der Waals surface area contributed by atoms with Crippen LogP contribution < -0.4 is 10.2 Å². The molecule has 8 nitrogen and oxygen atoms in total. The van der Waals surface area contributed by atoms with Crippen LogP contribution in [0.3, 0.4) is 0 Å². The summed E-state index contributed by atoms with van der Waals surface area (Å²) in [4.78, 5) is 25.9. The summed E-state index contributed by atoms with van der Waals surface area (Å²) in [6.45, 7) is 0.629. The molecule has 1 saturated carbocycles. The first-order valence-electron chi connectivity index (χ1n) is 10.9. The molecular formula is C24H27N7O. The Morgan fingerprint density at radius 3 is 2.28 bits per heavy atom. The summed E-state index contributed by atoms with van der Waals surface area (Å²) in [7, 11) is 4.31. The third kappa shape index (κ3) is 3.50. The van der Waals surface area contributed by atoms with E-state index in [1.54, 1.807) is 29.7 Å². The van der Waals surface area contributed by atoms with Gasteiger partial charge in [0.05, 0.1) is 42.6 Å². The maximum Gasteiger partial charge on any atom is 0.322 e. The highest BCUT2D eigenvalue weighted by atomic mass is 16.2. The third-order valence-electron chi connectivity index (χ3n) is 7.07. The minimum Gasteiger partial charge on any atom is -0.330 e. The summed E-state index contributed by atoms with van der Waals surface area (Å²) in [5, 5.41) is 10.9. The predicted molar refractivity (Wildman–Crippen MR) is 122 cm³/mol. The molecule has 5 rings (SSSR count). The molecule has 0 atom stereocenters. The van der Waals surface area contributed by atoms with Crippen LogP contribution in [0.4, 0.5) is 10.5 Å². The highest BCUT2D eigenvalue weighted by Gasteiger charge is 2.50. The molecule has 0 unspecified atom stereocenters. The number of nitrogens with one attached hydrogen (secondary N) is 1. The van der Waals surface area contributed by atoms with Gasteiger partial charge >= 0.3 is 6.03 Å². The van der Waals surface area contributed by atoms with Gasteiger partial charge in [-0.15, -0.1) is 0 Å². The van der Waals surface area contributed by atoms with Crippen LogP contribution in [0, 0.1) is 0 Å². The zero-order valence-corrected chi connectivity index (χ0v) is 18.4. The number of carbonyl (C=O) groups is 1. The molecule has 3 heterocycles. The second-order valence-electron chi connectivity index (χ2n) is 8.98. The molecule has 2 aromatic heterocycles. The van der Waals surface area contributed by atoms with Crippen molar-refractivity contribution in [1.29, 1.82) is 0 Å². The number of amides is 2. The van der Waals surface area contributed by atoms with E-state index in [4.69, 9.17) is 0 Å².